The standard InChI is InChI=1S/C43H30Cl2N2O4/c44-42-32-14-6-7-15-33(32)43(45,35-17-9-8-16-34(35)42)38-37(42)40(49)47(41(38)50)36(24-26-10-2-1-3-11-26)39(48)46-29-19-22-30(23-20-29)51-31-21-18-27-12-4-5-13-28(27)25-31/h1-23,25,36-38H,24H2,(H,46,48)/t36-,37+,38+,42?,43?/m0/s1. The Morgan fingerprint density at radius 3 is 1.69 bits per heavy atom. The Labute approximate surface area is 304 Å². The van der Waals surface area contributed by atoms with Crippen LogP contribution in [-0.4, -0.2) is 28.7 Å². The molecule has 2 bridgehead atoms. The molecule has 51 heavy (non-hydrogen) atoms. The number of halogens is 2. The number of rotatable bonds is 7. The molecular weight excluding hydrogens is 679 g/mol. The Kier molecular flexibility index (Phi) is 7.32. The fourth-order valence-electron chi connectivity index (χ4n) is 8.33. The molecule has 1 heterocycles. The van der Waals surface area contributed by atoms with Crippen molar-refractivity contribution in [3.63, 3.8) is 0 Å². The third-order valence-electron chi connectivity index (χ3n) is 10.6. The van der Waals surface area contributed by atoms with Gasteiger partial charge in [-0.1, -0.05) is 109 Å². The minimum Gasteiger partial charge on any atom is -0.457 e. The van der Waals surface area contributed by atoms with E-state index < -0.39 is 45.3 Å². The molecule has 1 saturated heterocycles. The van der Waals surface area contributed by atoms with Gasteiger partial charge in [0.1, 0.15) is 27.3 Å². The molecule has 3 atom stereocenters. The van der Waals surface area contributed by atoms with E-state index in [9.17, 15) is 14.4 Å². The van der Waals surface area contributed by atoms with Gasteiger partial charge in [-0.25, -0.2) is 0 Å². The largest absolute Gasteiger partial charge is 0.457 e. The Hall–Kier alpha value is -5.43. The van der Waals surface area contributed by atoms with Gasteiger partial charge >= 0.3 is 0 Å². The van der Waals surface area contributed by atoms with Crippen molar-refractivity contribution in [2.24, 2.45) is 11.8 Å². The summed E-state index contributed by atoms with van der Waals surface area (Å²) in [6.45, 7) is 0. The first-order chi connectivity index (χ1) is 24.8. The molecule has 1 aliphatic heterocycles. The molecule has 4 aliphatic rings. The van der Waals surface area contributed by atoms with Crippen molar-refractivity contribution in [2.45, 2.75) is 22.2 Å². The predicted octanol–water partition coefficient (Wildman–Crippen LogP) is 8.78. The summed E-state index contributed by atoms with van der Waals surface area (Å²) < 4.78 is 6.10. The number of hydrogen-bond acceptors (Lipinski definition) is 4. The normalized spacial score (nSPS) is 23.4. The number of anilines is 1. The van der Waals surface area contributed by atoms with Crippen molar-refractivity contribution in [1.29, 1.82) is 0 Å². The molecule has 0 spiro atoms. The number of imide groups is 1. The number of nitrogens with one attached hydrogen (secondary N) is 1. The van der Waals surface area contributed by atoms with Gasteiger partial charge in [0.15, 0.2) is 0 Å². The molecule has 6 aromatic rings. The Balaban J connectivity index is 1.05. The predicted molar refractivity (Wildman–Crippen MR) is 198 cm³/mol. The Bertz CT molecular complexity index is 2260. The van der Waals surface area contributed by atoms with Crippen LogP contribution in [0.4, 0.5) is 5.69 Å². The highest BCUT2D eigenvalue weighted by Crippen LogP contribution is 2.69. The molecule has 0 unspecified atom stereocenters. The van der Waals surface area contributed by atoms with Crippen LogP contribution < -0.4 is 10.1 Å². The molecule has 6 aromatic carbocycles. The fraction of sp³-hybridized carbons (Fsp3) is 0.140. The van der Waals surface area contributed by atoms with E-state index in [1.54, 1.807) is 24.3 Å². The SMILES string of the molecule is O=C(Nc1ccc(Oc2ccc3ccccc3c2)cc1)[C@H](Cc1ccccc1)N1C(=O)[C@H]2[C@H](C1=O)C1(Cl)c3ccccc3C2(Cl)c2ccccc21. The van der Waals surface area contributed by atoms with E-state index in [0.717, 1.165) is 21.2 Å². The van der Waals surface area contributed by atoms with Gasteiger partial charge in [-0.15, -0.1) is 23.2 Å². The summed E-state index contributed by atoms with van der Waals surface area (Å²) >= 11 is 15.3. The van der Waals surface area contributed by atoms with Gasteiger partial charge in [0.25, 0.3) is 0 Å². The molecule has 0 aromatic heterocycles. The van der Waals surface area contributed by atoms with Crippen LogP contribution in [0.2, 0.25) is 0 Å². The van der Waals surface area contributed by atoms with E-state index in [-0.39, 0.29) is 6.42 Å². The Morgan fingerprint density at radius 1 is 0.627 bits per heavy atom. The summed E-state index contributed by atoms with van der Waals surface area (Å²) in [5.74, 6) is -2.26. The highest BCUT2D eigenvalue weighted by atomic mass is 35.5. The summed E-state index contributed by atoms with van der Waals surface area (Å²) in [4.78, 5) is 42.3. The first-order valence-corrected chi connectivity index (χ1v) is 17.6. The third kappa shape index (κ3) is 4.74. The lowest BCUT2D eigenvalue weighted by Crippen LogP contribution is -2.57. The van der Waals surface area contributed by atoms with E-state index >= 15 is 0 Å². The number of fused-ring (bicyclic) bond motifs is 1. The summed E-state index contributed by atoms with van der Waals surface area (Å²) in [7, 11) is 0. The number of ether oxygens (including phenoxy) is 1. The maximum Gasteiger partial charge on any atom is 0.248 e. The van der Waals surface area contributed by atoms with Crippen molar-refractivity contribution in [2.75, 3.05) is 5.32 Å². The van der Waals surface area contributed by atoms with Crippen LogP contribution in [0.25, 0.3) is 10.8 Å². The number of likely N-dealkylation sites (tertiary alicyclic amines) is 1. The van der Waals surface area contributed by atoms with Crippen LogP contribution >= 0.6 is 23.2 Å². The van der Waals surface area contributed by atoms with Gasteiger partial charge in [0, 0.05) is 12.1 Å². The molecule has 10 rings (SSSR count). The van der Waals surface area contributed by atoms with Crippen LogP contribution in [-0.2, 0) is 30.6 Å². The lowest BCUT2D eigenvalue weighted by atomic mass is 9.54. The second-order valence-electron chi connectivity index (χ2n) is 13.3. The van der Waals surface area contributed by atoms with Crippen LogP contribution in [0.5, 0.6) is 11.5 Å². The highest BCUT2D eigenvalue weighted by molar-refractivity contribution is 6.36. The summed E-state index contributed by atoms with van der Waals surface area (Å²) in [5, 5.41) is 5.14. The molecule has 6 nitrogen and oxygen atoms in total. The Morgan fingerprint density at radius 2 is 1.12 bits per heavy atom. The maximum absolute atomic E-state index is 14.8. The number of carbonyl (C=O) groups excluding carboxylic acids is 3. The number of nitrogens with zero attached hydrogens (tertiary/aromatic N) is 1. The number of carbonyl (C=O) groups is 3. The van der Waals surface area contributed by atoms with Crippen molar-refractivity contribution in [1.82, 2.24) is 4.90 Å². The second kappa shape index (κ2) is 11.8. The summed E-state index contributed by atoms with van der Waals surface area (Å²) in [6, 6.07) is 44.1. The zero-order valence-electron chi connectivity index (χ0n) is 27.1. The monoisotopic (exact) mass is 708 g/mol. The van der Waals surface area contributed by atoms with Gasteiger partial charge in [-0.3, -0.25) is 19.3 Å². The first kappa shape index (κ1) is 31.5. The molecule has 0 radical (unpaired) electrons. The number of amides is 3. The van der Waals surface area contributed by atoms with E-state index in [4.69, 9.17) is 27.9 Å². The van der Waals surface area contributed by atoms with E-state index in [0.29, 0.717) is 39.4 Å². The average molecular weight is 710 g/mol. The van der Waals surface area contributed by atoms with Crippen molar-refractivity contribution in [3.05, 3.63) is 173 Å². The zero-order valence-corrected chi connectivity index (χ0v) is 28.6. The van der Waals surface area contributed by atoms with Gasteiger partial charge in [0.05, 0.1) is 11.8 Å². The minimum absolute atomic E-state index is 0.108. The molecule has 0 saturated carbocycles. The quantitative estimate of drug-likeness (QED) is 0.133. The first-order valence-electron chi connectivity index (χ1n) is 16.8. The lowest BCUT2D eigenvalue weighted by molar-refractivity contribution is -0.146. The second-order valence-corrected chi connectivity index (χ2v) is 14.5. The van der Waals surface area contributed by atoms with Crippen LogP contribution in [0.3, 0.4) is 0 Å². The van der Waals surface area contributed by atoms with E-state index in [2.05, 4.69) is 5.32 Å². The third-order valence-corrected chi connectivity index (χ3v) is 11.9. The molecule has 250 valence electrons. The zero-order chi connectivity index (χ0) is 34.9. The van der Waals surface area contributed by atoms with Gasteiger partial charge in [-0.2, -0.15) is 0 Å². The number of hydrogen-bond donors (Lipinski definition) is 1. The van der Waals surface area contributed by atoms with Gasteiger partial charge < -0.3 is 10.1 Å². The molecular formula is C43H30Cl2N2O4. The minimum atomic E-state index is -1.34. The molecule has 1 fully saturated rings. The van der Waals surface area contributed by atoms with E-state index in [1.807, 2.05) is 121 Å². The highest BCUT2D eigenvalue weighted by Gasteiger charge is 2.73. The molecule has 1 N–H and O–H groups in total. The molecule has 3 aliphatic carbocycles. The molecule has 3 amide bonds. The van der Waals surface area contributed by atoms with Crippen molar-refractivity contribution >= 4 is 57.4 Å². The van der Waals surface area contributed by atoms with Crippen molar-refractivity contribution < 1.29 is 19.1 Å². The van der Waals surface area contributed by atoms with Crippen molar-refractivity contribution in [3.8, 4) is 11.5 Å². The van der Waals surface area contributed by atoms with Crippen LogP contribution in [0, 0.1) is 11.8 Å². The van der Waals surface area contributed by atoms with Crippen LogP contribution in [0.1, 0.15) is 27.8 Å². The average Bonchev–Trinajstić information content (AvgIpc) is 3.44. The summed E-state index contributed by atoms with van der Waals surface area (Å²) in [6.07, 6.45) is 0.108. The van der Waals surface area contributed by atoms with E-state index in [1.165, 1.54) is 0 Å². The molecule has 8 heteroatoms. The fourth-order valence-corrected chi connectivity index (χ4v) is 9.43. The summed E-state index contributed by atoms with van der Waals surface area (Å²) in [5.41, 5.74) is 4.12. The van der Waals surface area contributed by atoms with Gasteiger partial charge in [-0.05, 0) is 75.0 Å². The van der Waals surface area contributed by atoms with Crippen LogP contribution in [0.15, 0.2) is 146 Å². The smallest absolute Gasteiger partial charge is 0.248 e. The topological polar surface area (TPSA) is 75.7 Å². The number of benzene rings is 6. The lowest BCUT2D eigenvalue weighted by Gasteiger charge is -2.54. The maximum atomic E-state index is 14.8. The van der Waals surface area contributed by atoms with Gasteiger partial charge in [0.2, 0.25) is 17.7 Å². The number of alkyl halides is 2.